The molecule has 0 bridgehead atoms. The molecule has 3 amide bonds. The van der Waals surface area contributed by atoms with Crippen LogP contribution in [0.4, 0.5) is 20.6 Å². The molecule has 1 heterocycles. The molecule has 1 atom stereocenters. The zero-order valence-electron chi connectivity index (χ0n) is 15.2. The maximum atomic E-state index is 13.0. The van der Waals surface area contributed by atoms with Crippen LogP contribution in [0.15, 0.2) is 42.5 Å². The van der Waals surface area contributed by atoms with Gasteiger partial charge in [0.05, 0.1) is 0 Å². The van der Waals surface area contributed by atoms with Gasteiger partial charge in [-0.2, -0.15) is 0 Å². The topological polar surface area (TPSA) is 87.5 Å². The van der Waals surface area contributed by atoms with E-state index in [4.69, 9.17) is 5.73 Å². The van der Waals surface area contributed by atoms with E-state index in [1.165, 1.54) is 24.3 Å². The van der Waals surface area contributed by atoms with Gasteiger partial charge < -0.3 is 21.3 Å². The summed E-state index contributed by atoms with van der Waals surface area (Å²) in [6.45, 7) is 3.25. The molecule has 0 saturated heterocycles. The largest absolute Gasteiger partial charge is 0.338 e. The minimum Gasteiger partial charge on any atom is -0.338 e. The molecule has 0 saturated carbocycles. The minimum atomic E-state index is -0.398. The van der Waals surface area contributed by atoms with Crippen LogP contribution in [0.25, 0.3) is 0 Å². The van der Waals surface area contributed by atoms with Crippen LogP contribution < -0.4 is 16.4 Å². The zero-order chi connectivity index (χ0) is 19.4. The number of urea groups is 1. The van der Waals surface area contributed by atoms with Crippen LogP contribution in [0.2, 0.25) is 0 Å². The SMILES string of the molecule is CC(CN)C(=O)N1CCc2c(cccc2NC(=O)Nc2ccc(F)cc2)C1. The van der Waals surface area contributed by atoms with Gasteiger partial charge in [0.2, 0.25) is 5.91 Å². The summed E-state index contributed by atoms with van der Waals surface area (Å²) < 4.78 is 13.0. The first kappa shape index (κ1) is 18.8. The van der Waals surface area contributed by atoms with E-state index in [-0.39, 0.29) is 17.6 Å². The summed E-state index contributed by atoms with van der Waals surface area (Å²) in [6, 6.07) is 10.8. The van der Waals surface area contributed by atoms with Gasteiger partial charge in [0.15, 0.2) is 0 Å². The van der Waals surface area contributed by atoms with Gasteiger partial charge in [0, 0.05) is 36.9 Å². The number of nitrogens with zero attached hydrogens (tertiary/aromatic N) is 1. The highest BCUT2D eigenvalue weighted by Crippen LogP contribution is 2.27. The standard InChI is InChI=1S/C20H23FN4O2/c1-13(11-22)19(26)25-10-9-17-14(12-25)3-2-4-18(17)24-20(27)23-16-7-5-15(21)6-8-16/h2-8,13H,9-12,22H2,1H3,(H2,23,24,27). The van der Waals surface area contributed by atoms with Crippen molar-refractivity contribution < 1.29 is 14.0 Å². The molecule has 1 aliphatic heterocycles. The molecule has 2 aromatic carbocycles. The Morgan fingerprint density at radius 1 is 1.19 bits per heavy atom. The first-order valence-electron chi connectivity index (χ1n) is 8.91. The van der Waals surface area contributed by atoms with E-state index in [0.717, 1.165) is 11.1 Å². The van der Waals surface area contributed by atoms with E-state index >= 15 is 0 Å². The smallest absolute Gasteiger partial charge is 0.323 e. The molecule has 3 rings (SSSR count). The van der Waals surface area contributed by atoms with Gasteiger partial charge in [-0.15, -0.1) is 0 Å². The van der Waals surface area contributed by atoms with E-state index in [1.807, 2.05) is 30.0 Å². The van der Waals surface area contributed by atoms with Gasteiger partial charge in [-0.1, -0.05) is 19.1 Å². The van der Waals surface area contributed by atoms with Crippen LogP contribution in [-0.4, -0.2) is 29.9 Å². The molecule has 1 aliphatic rings. The zero-order valence-corrected chi connectivity index (χ0v) is 15.2. The molecule has 0 aliphatic carbocycles. The highest BCUT2D eigenvalue weighted by Gasteiger charge is 2.25. The quantitative estimate of drug-likeness (QED) is 0.773. The molecule has 142 valence electrons. The number of fused-ring (bicyclic) bond motifs is 1. The number of benzene rings is 2. The molecule has 1 unspecified atom stereocenters. The monoisotopic (exact) mass is 370 g/mol. The Hall–Kier alpha value is -2.93. The average molecular weight is 370 g/mol. The number of rotatable bonds is 4. The number of nitrogens with one attached hydrogen (secondary N) is 2. The number of hydrogen-bond acceptors (Lipinski definition) is 3. The minimum absolute atomic E-state index is 0.0514. The van der Waals surface area contributed by atoms with Gasteiger partial charge in [-0.25, -0.2) is 9.18 Å². The van der Waals surface area contributed by atoms with Crippen molar-refractivity contribution in [3.05, 3.63) is 59.4 Å². The number of carbonyl (C=O) groups excluding carboxylic acids is 2. The van der Waals surface area contributed by atoms with E-state index in [9.17, 15) is 14.0 Å². The van der Waals surface area contributed by atoms with Crippen LogP contribution in [0.5, 0.6) is 0 Å². The molecule has 0 aromatic heterocycles. The van der Waals surface area contributed by atoms with Gasteiger partial charge >= 0.3 is 6.03 Å². The molecular weight excluding hydrogens is 347 g/mol. The van der Waals surface area contributed by atoms with Gasteiger partial charge in [0.1, 0.15) is 5.82 Å². The fraction of sp³-hybridized carbons (Fsp3) is 0.300. The number of hydrogen-bond donors (Lipinski definition) is 3. The Bertz CT molecular complexity index is 838. The van der Waals surface area contributed by atoms with Crippen LogP contribution in [0, 0.1) is 11.7 Å². The maximum absolute atomic E-state index is 13.0. The Balaban J connectivity index is 1.69. The second-order valence-electron chi connectivity index (χ2n) is 6.68. The summed E-state index contributed by atoms with van der Waals surface area (Å²) in [5.41, 5.74) is 8.86. The normalized spacial score (nSPS) is 14.3. The summed E-state index contributed by atoms with van der Waals surface area (Å²) in [6.07, 6.45) is 0.658. The predicted molar refractivity (Wildman–Crippen MR) is 103 cm³/mol. The molecule has 0 radical (unpaired) electrons. The second kappa shape index (κ2) is 8.18. The van der Waals surface area contributed by atoms with Crippen molar-refractivity contribution in [3.8, 4) is 0 Å². The maximum Gasteiger partial charge on any atom is 0.323 e. The number of amides is 3. The highest BCUT2D eigenvalue weighted by atomic mass is 19.1. The van der Waals surface area contributed by atoms with E-state index < -0.39 is 6.03 Å². The van der Waals surface area contributed by atoms with Crippen molar-refractivity contribution in [2.45, 2.75) is 19.9 Å². The van der Waals surface area contributed by atoms with Crippen molar-refractivity contribution in [2.75, 3.05) is 23.7 Å². The van der Waals surface area contributed by atoms with Gasteiger partial charge in [0.25, 0.3) is 0 Å². The van der Waals surface area contributed by atoms with Crippen molar-refractivity contribution in [1.29, 1.82) is 0 Å². The van der Waals surface area contributed by atoms with Crippen molar-refractivity contribution in [1.82, 2.24) is 4.90 Å². The van der Waals surface area contributed by atoms with Crippen molar-refractivity contribution >= 4 is 23.3 Å². The lowest BCUT2D eigenvalue weighted by atomic mass is 9.96. The highest BCUT2D eigenvalue weighted by molar-refractivity contribution is 6.00. The number of nitrogens with two attached hydrogens (primary N) is 1. The lowest BCUT2D eigenvalue weighted by Gasteiger charge is -2.31. The third-order valence-corrected chi connectivity index (χ3v) is 4.70. The van der Waals surface area contributed by atoms with Gasteiger partial charge in [-0.05, 0) is 47.9 Å². The lowest BCUT2D eigenvalue weighted by molar-refractivity contribution is -0.135. The van der Waals surface area contributed by atoms with Crippen LogP contribution in [0.1, 0.15) is 18.1 Å². The molecule has 4 N–H and O–H groups in total. The third kappa shape index (κ3) is 4.43. The Labute approximate surface area is 157 Å². The van der Waals surface area contributed by atoms with Crippen LogP contribution in [-0.2, 0) is 17.8 Å². The summed E-state index contributed by atoms with van der Waals surface area (Å²) in [5, 5.41) is 5.52. The lowest BCUT2D eigenvalue weighted by Crippen LogP contribution is -2.41. The van der Waals surface area contributed by atoms with Crippen molar-refractivity contribution in [3.63, 3.8) is 0 Å². The van der Waals surface area contributed by atoms with Crippen LogP contribution >= 0.6 is 0 Å². The Morgan fingerprint density at radius 3 is 2.63 bits per heavy atom. The average Bonchev–Trinajstić information content (AvgIpc) is 2.68. The second-order valence-corrected chi connectivity index (χ2v) is 6.68. The summed E-state index contributed by atoms with van der Waals surface area (Å²) in [4.78, 5) is 26.4. The Kier molecular flexibility index (Phi) is 5.71. The Morgan fingerprint density at radius 2 is 1.93 bits per heavy atom. The molecule has 7 heteroatoms. The molecule has 27 heavy (non-hydrogen) atoms. The fourth-order valence-electron chi connectivity index (χ4n) is 3.15. The molecular formula is C20H23FN4O2. The summed E-state index contributed by atoms with van der Waals surface area (Å²) in [5.74, 6) is -0.508. The van der Waals surface area contributed by atoms with Crippen molar-refractivity contribution in [2.24, 2.45) is 11.7 Å². The third-order valence-electron chi connectivity index (χ3n) is 4.70. The van der Waals surface area contributed by atoms with Crippen LogP contribution in [0.3, 0.4) is 0 Å². The summed E-state index contributed by atoms with van der Waals surface area (Å²) >= 11 is 0. The van der Waals surface area contributed by atoms with E-state index in [0.29, 0.717) is 37.4 Å². The molecule has 6 nitrogen and oxygen atoms in total. The fourth-order valence-corrected chi connectivity index (χ4v) is 3.15. The number of halogens is 1. The number of carbonyl (C=O) groups is 2. The number of anilines is 2. The van der Waals surface area contributed by atoms with E-state index in [2.05, 4.69) is 10.6 Å². The first-order chi connectivity index (χ1) is 13.0. The van der Waals surface area contributed by atoms with E-state index in [1.54, 1.807) is 0 Å². The predicted octanol–water partition coefficient (Wildman–Crippen LogP) is 2.95. The summed E-state index contributed by atoms with van der Waals surface area (Å²) in [7, 11) is 0. The molecule has 0 spiro atoms. The molecule has 2 aromatic rings. The first-order valence-corrected chi connectivity index (χ1v) is 8.91. The van der Waals surface area contributed by atoms with Gasteiger partial charge in [-0.3, -0.25) is 4.79 Å². The molecule has 0 fully saturated rings.